The van der Waals surface area contributed by atoms with E-state index in [1.807, 2.05) is 84.9 Å². The summed E-state index contributed by atoms with van der Waals surface area (Å²) in [6.07, 6.45) is 7.20. The van der Waals surface area contributed by atoms with Crippen molar-refractivity contribution in [2.24, 2.45) is 0 Å². The van der Waals surface area contributed by atoms with Gasteiger partial charge in [-0.3, -0.25) is 14.4 Å². The number of carbonyl (C=O) groups is 3. The van der Waals surface area contributed by atoms with Crippen LogP contribution in [-0.2, 0) is 27.2 Å². The van der Waals surface area contributed by atoms with Crippen molar-refractivity contribution in [2.75, 3.05) is 19.7 Å². The molecule has 2 atom stereocenters. The Morgan fingerprint density at radius 3 is 2.28 bits per heavy atom. The second kappa shape index (κ2) is 15.1. The molecule has 47 heavy (non-hydrogen) atoms. The largest absolute Gasteiger partial charge is 0.492 e. The maximum atomic E-state index is 14.1. The third-order valence-electron chi connectivity index (χ3n) is 9.09. The Morgan fingerprint density at radius 1 is 0.723 bits per heavy atom. The lowest BCUT2D eigenvalue weighted by Gasteiger charge is -2.33. The molecule has 2 aliphatic rings. The van der Waals surface area contributed by atoms with Gasteiger partial charge in [0.2, 0.25) is 17.7 Å². The van der Waals surface area contributed by atoms with E-state index in [4.69, 9.17) is 4.74 Å². The molecule has 8 heteroatoms. The third-order valence-corrected chi connectivity index (χ3v) is 9.09. The zero-order chi connectivity index (χ0) is 32.5. The monoisotopic (exact) mass is 630 g/mol. The van der Waals surface area contributed by atoms with Crippen LogP contribution in [0.25, 0.3) is 16.8 Å². The van der Waals surface area contributed by atoms with Crippen molar-refractivity contribution >= 4 is 34.6 Å². The summed E-state index contributed by atoms with van der Waals surface area (Å²) in [7, 11) is 0. The van der Waals surface area contributed by atoms with E-state index in [1.54, 1.807) is 0 Å². The van der Waals surface area contributed by atoms with Crippen LogP contribution < -0.4 is 26.0 Å². The van der Waals surface area contributed by atoms with E-state index in [0.717, 1.165) is 40.3 Å². The van der Waals surface area contributed by atoms with E-state index in [2.05, 4.69) is 45.5 Å². The average Bonchev–Trinajstić information content (AvgIpc) is 3.57. The number of hydrogen-bond donors (Lipinski definition) is 4. The quantitative estimate of drug-likeness (QED) is 0.261. The zero-order valence-corrected chi connectivity index (χ0v) is 26.5. The van der Waals surface area contributed by atoms with Crippen LogP contribution in [0, 0.1) is 0 Å². The van der Waals surface area contributed by atoms with Gasteiger partial charge in [-0.25, -0.2) is 0 Å². The Balaban J connectivity index is 1.30. The molecule has 0 unspecified atom stereocenters. The standard InChI is InChI=1S/C39H42N4O4/c44-36-34(26-28-11-2-1-3-12-28)42-38(46)39(20-8-9-21-39)43-37(45)33(27-29-18-19-30-13-4-5-15-32(30)25-29)40-23-24-47-35-17-7-6-14-31(35)16-10-22-41-36/h1-7,10-19,25,33-34,40H,8-9,20-24,26-27H2,(H,41,44)(H,42,46)(H,43,45)/b16-10-/t33-,34-/m0/s1. The number of amides is 3. The second-order valence-corrected chi connectivity index (χ2v) is 12.4. The molecule has 1 aliphatic carbocycles. The highest BCUT2D eigenvalue weighted by Crippen LogP contribution is 2.31. The van der Waals surface area contributed by atoms with E-state index >= 15 is 0 Å². The lowest BCUT2D eigenvalue weighted by atomic mass is 9.93. The highest BCUT2D eigenvalue weighted by molar-refractivity contribution is 5.96. The van der Waals surface area contributed by atoms with Crippen molar-refractivity contribution in [3.8, 4) is 5.75 Å². The van der Waals surface area contributed by atoms with Crippen LogP contribution in [0.5, 0.6) is 5.75 Å². The van der Waals surface area contributed by atoms with Gasteiger partial charge in [0.25, 0.3) is 0 Å². The maximum absolute atomic E-state index is 14.1. The lowest BCUT2D eigenvalue weighted by Crippen LogP contribution is -2.63. The summed E-state index contributed by atoms with van der Waals surface area (Å²) >= 11 is 0. The highest BCUT2D eigenvalue weighted by Gasteiger charge is 2.44. The fraction of sp³-hybridized carbons (Fsp3) is 0.308. The van der Waals surface area contributed by atoms with Gasteiger partial charge in [-0.15, -0.1) is 0 Å². The fourth-order valence-corrected chi connectivity index (χ4v) is 6.54. The molecule has 4 aromatic carbocycles. The SMILES string of the molecule is O=C1NC2(CCCC2)C(=O)N[C@@H](Cc2ccccc2)C(=O)NC/C=C\c2ccccc2OCCN[C@H]1Cc1ccc2ccccc2c1. The van der Waals surface area contributed by atoms with Crippen LogP contribution in [0.2, 0.25) is 0 Å². The summed E-state index contributed by atoms with van der Waals surface area (Å²) in [6.45, 7) is 1.06. The van der Waals surface area contributed by atoms with Crippen molar-refractivity contribution in [3.05, 3.63) is 120 Å². The summed E-state index contributed by atoms with van der Waals surface area (Å²) < 4.78 is 6.14. The van der Waals surface area contributed by atoms with Crippen LogP contribution in [-0.4, -0.2) is 55.0 Å². The molecule has 1 aliphatic heterocycles. The van der Waals surface area contributed by atoms with Crippen molar-refractivity contribution in [1.29, 1.82) is 0 Å². The van der Waals surface area contributed by atoms with Gasteiger partial charge in [-0.05, 0) is 47.2 Å². The van der Waals surface area contributed by atoms with Crippen molar-refractivity contribution in [3.63, 3.8) is 0 Å². The smallest absolute Gasteiger partial charge is 0.246 e. The van der Waals surface area contributed by atoms with Gasteiger partial charge in [-0.2, -0.15) is 0 Å². The molecule has 1 fully saturated rings. The van der Waals surface area contributed by atoms with E-state index < -0.39 is 17.6 Å². The molecule has 242 valence electrons. The molecule has 1 spiro atoms. The number of hydrogen-bond acceptors (Lipinski definition) is 5. The lowest BCUT2D eigenvalue weighted by molar-refractivity contribution is -0.136. The van der Waals surface area contributed by atoms with Crippen LogP contribution >= 0.6 is 0 Å². The van der Waals surface area contributed by atoms with Crippen molar-refractivity contribution in [2.45, 2.75) is 56.1 Å². The van der Waals surface area contributed by atoms with Crippen LogP contribution in [0.4, 0.5) is 0 Å². The summed E-state index contributed by atoms with van der Waals surface area (Å²) in [6, 6.07) is 30.3. The first-order valence-electron chi connectivity index (χ1n) is 16.5. The van der Waals surface area contributed by atoms with Gasteiger partial charge in [0.15, 0.2) is 0 Å². The Kier molecular flexibility index (Phi) is 10.3. The minimum absolute atomic E-state index is 0.247. The molecule has 6 rings (SSSR count). The molecule has 0 aromatic heterocycles. The van der Waals surface area contributed by atoms with Gasteiger partial charge >= 0.3 is 0 Å². The first-order valence-corrected chi connectivity index (χ1v) is 16.5. The Hall–Kier alpha value is -4.95. The molecular formula is C39H42N4O4. The van der Waals surface area contributed by atoms with Gasteiger partial charge in [0.1, 0.15) is 23.9 Å². The average molecular weight is 631 g/mol. The Labute approximate surface area is 276 Å². The first kappa shape index (κ1) is 32.0. The molecule has 1 saturated carbocycles. The summed E-state index contributed by atoms with van der Waals surface area (Å²) in [5.74, 6) is -0.137. The minimum atomic E-state index is -1.10. The summed E-state index contributed by atoms with van der Waals surface area (Å²) in [4.78, 5) is 41.8. The van der Waals surface area contributed by atoms with Crippen LogP contribution in [0.1, 0.15) is 42.4 Å². The van der Waals surface area contributed by atoms with Gasteiger partial charge in [0.05, 0.1) is 6.04 Å². The predicted molar refractivity (Wildman–Crippen MR) is 185 cm³/mol. The van der Waals surface area contributed by atoms with Gasteiger partial charge in [0, 0.05) is 25.1 Å². The molecule has 0 saturated heterocycles. The number of nitrogens with one attached hydrogen (secondary N) is 4. The number of benzene rings is 4. The third kappa shape index (κ3) is 8.07. The molecule has 0 radical (unpaired) electrons. The predicted octanol–water partition coefficient (Wildman–Crippen LogP) is 4.72. The van der Waals surface area contributed by atoms with Crippen LogP contribution in [0.15, 0.2) is 103 Å². The molecule has 8 nitrogen and oxygen atoms in total. The van der Waals surface area contributed by atoms with Crippen LogP contribution in [0.3, 0.4) is 0 Å². The highest BCUT2D eigenvalue weighted by atomic mass is 16.5. The molecular weight excluding hydrogens is 588 g/mol. The number of para-hydroxylation sites is 1. The zero-order valence-electron chi connectivity index (χ0n) is 26.5. The van der Waals surface area contributed by atoms with E-state index in [9.17, 15) is 14.4 Å². The number of carbonyl (C=O) groups excluding carboxylic acids is 3. The van der Waals surface area contributed by atoms with Crippen molar-refractivity contribution in [1.82, 2.24) is 21.3 Å². The van der Waals surface area contributed by atoms with E-state index in [-0.39, 0.29) is 24.3 Å². The van der Waals surface area contributed by atoms with Gasteiger partial charge < -0.3 is 26.0 Å². The number of ether oxygens (including phenoxy) is 1. The molecule has 4 aromatic rings. The first-order chi connectivity index (χ1) is 23.0. The van der Waals surface area contributed by atoms with Crippen molar-refractivity contribution < 1.29 is 19.1 Å². The maximum Gasteiger partial charge on any atom is 0.246 e. The van der Waals surface area contributed by atoms with E-state index in [1.165, 1.54) is 0 Å². The Morgan fingerprint density at radius 2 is 1.45 bits per heavy atom. The molecule has 3 amide bonds. The van der Waals surface area contributed by atoms with Gasteiger partial charge in [-0.1, -0.05) is 116 Å². The molecule has 1 heterocycles. The minimum Gasteiger partial charge on any atom is -0.492 e. The molecule has 0 bridgehead atoms. The topological polar surface area (TPSA) is 109 Å². The normalized spacial score (nSPS) is 21.4. The number of rotatable bonds is 4. The molecule has 4 N–H and O–H groups in total. The van der Waals surface area contributed by atoms with E-state index in [0.29, 0.717) is 44.6 Å². The summed E-state index contributed by atoms with van der Waals surface area (Å²) in [5.41, 5.74) is 1.72. The Bertz CT molecular complexity index is 1730. The number of fused-ring (bicyclic) bond motifs is 2. The fourth-order valence-electron chi connectivity index (χ4n) is 6.54. The second-order valence-electron chi connectivity index (χ2n) is 12.4. The summed E-state index contributed by atoms with van der Waals surface area (Å²) in [5, 5.41) is 14.8.